The minimum absolute atomic E-state index is 0.0325. The van der Waals surface area contributed by atoms with Crippen molar-refractivity contribution < 1.29 is 0 Å². The second kappa shape index (κ2) is 6.46. The molecule has 4 aromatic rings. The molecule has 0 aliphatic rings. The summed E-state index contributed by atoms with van der Waals surface area (Å²) in [6.45, 7) is 3.95. The van der Waals surface area contributed by atoms with Crippen LogP contribution in [0.15, 0.2) is 71.8 Å². The lowest BCUT2D eigenvalue weighted by Gasteiger charge is -2.12. The highest BCUT2D eigenvalue weighted by molar-refractivity contribution is 6.30. The summed E-state index contributed by atoms with van der Waals surface area (Å²) < 4.78 is 3.66. The lowest BCUT2D eigenvalue weighted by Crippen LogP contribution is -2.22. The molecule has 0 fully saturated rings. The standard InChI is InChI=1S/C21H18ClN3O/c1-14(2)24-13-23-20-18(21(24)26)12-19(15-6-4-3-5-7-15)25(20)17-10-8-16(22)9-11-17/h3-14H,1-2H3. The predicted octanol–water partition coefficient (Wildman–Crippen LogP) is 5.09. The number of hydrogen-bond acceptors (Lipinski definition) is 2. The van der Waals surface area contributed by atoms with Gasteiger partial charge in [0.1, 0.15) is 6.33 Å². The van der Waals surface area contributed by atoms with Crippen LogP contribution in [0.2, 0.25) is 5.02 Å². The predicted molar refractivity (Wildman–Crippen MR) is 106 cm³/mol. The fourth-order valence-corrected chi connectivity index (χ4v) is 3.26. The summed E-state index contributed by atoms with van der Waals surface area (Å²) in [6, 6.07) is 19.5. The van der Waals surface area contributed by atoms with Crippen LogP contribution in [0.3, 0.4) is 0 Å². The highest BCUT2D eigenvalue weighted by Gasteiger charge is 2.17. The Morgan fingerprint density at radius 1 is 1.00 bits per heavy atom. The first-order valence-corrected chi connectivity index (χ1v) is 8.88. The van der Waals surface area contributed by atoms with E-state index in [1.165, 1.54) is 0 Å². The molecule has 0 saturated carbocycles. The Balaban J connectivity index is 2.08. The van der Waals surface area contributed by atoms with Gasteiger partial charge in [-0.15, -0.1) is 0 Å². The second-order valence-corrected chi connectivity index (χ2v) is 6.93. The van der Waals surface area contributed by atoms with Gasteiger partial charge in [-0.2, -0.15) is 0 Å². The first-order valence-electron chi connectivity index (χ1n) is 8.50. The van der Waals surface area contributed by atoms with Crippen molar-refractivity contribution in [3.05, 3.63) is 82.4 Å². The van der Waals surface area contributed by atoms with Gasteiger partial charge in [-0.25, -0.2) is 4.98 Å². The summed E-state index contributed by atoms with van der Waals surface area (Å²) in [6.07, 6.45) is 1.62. The van der Waals surface area contributed by atoms with Crippen LogP contribution in [0.25, 0.3) is 28.0 Å². The highest BCUT2D eigenvalue weighted by atomic mass is 35.5. The summed E-state index contributed by atoms with van der Waals surface area (Å²) in [4.78, 5) is 17.5. The van der Waals surface area contributed by atoms with Gasteiger partial charge < -0.3 is 0 Å². The highest BCUT2D eigenvalue weighted by Crippen LogP contribution is 2.29. The Bertz CT molecular complexity index is 1130. The zero-order chi connectivity index (χ0) is 18.3. The summed E-state index contributed by atoms with van der Waals surface area (Å²) in [5.41, 5.74) is 3.48. The van der Waals surface area contributed by atoms with Crippen molar-refractivity contribution in [1.82, 2.24) is 14.1 Å². The monoisotopic (exact) mass is 363 g/mol. The molecule has 2 aromatic carbocycles. The van der Waals surface area contributed by atoms with E-state index in [1.54, 1.807) is 10.9 Å². The quantitative estimate of drug-likeness (QED) is 0.508. The molecule has 0 aliphatic heterocycles. The van der Waals surface area contributed by atoms with E-state index in [0.29, 0.717) is 16.1 Å². The summed E-state index contributed by atoms with van der Waals surface area (Å²) in [5, 5.41) is 1.27. The Morgan fingerprint density at radius 2 is 1.69 bits per heavy atom. The van der Waals surface area contributed by atoms with Crippen molar-refractivity contribution in [3.8, 4) is 16.9 Å². The second-order valence-electron chi connectivity index (χ2n) is 6.50. The van der Waals surface area contributed by atoms with Crippen LogP contribution in [0.1, 0.15) is 19.9 Å². The van der Waals surface area contributed by atoms with Crippen LogP contribution in [-0.4, -0.2) is 14.1 Å². The molecule has 0 amide bonds. The SMILES string of the molecule is CC(C)n1cnc2c(cc(-c3ccccc3)n2-c2ccc(Cl)cc2)c1=O. The summed E-state index contributed by atoms with van der Waals surface area (Å²) in [7, 11) is 0. The van der Waals surface area contributed by atoms with Gasteiger partial charge in [-0.3, -0.25) is 13.9 Å². The van der Waals surface area contributed by atoms with Gasteiger partial charge in [0.2, 0.25) is 0 Å². The van der Waals surface area contributed by atoms with Crippen LogP contribution in [-0.2, 0) is 0 Å². The Labute approximate surface area is 156 Å². The number of benzene rings is 2. The van der Waals surface area contributed by atoms with E-state index in [-0.39, 0.29) is 11.6 Å². The van der Waals surface area contributed by atoms with Crippen molar-refractivity contribution >= 4 is 22.6 Å². The smallest absolute Gasteiger partial charge is 0.263 e. The third-order valence-electron chi connectivity index (χ3n) is 4.45. The van der Waals surface area contributed by atoms with Gasteiger partial charge in [-0.05, 0) is 49.7 Å². The van der Waals surface area contributed by atoms with Gasteiger partial charge >= 0.3 is 0 Å². The average molecular weight is 364 g/mol. The molecule has 0 atom stereocenters. The molecule has 130 valence electrons. The van der Waals surface area contributed by atoms with Gasteiger partial charge in [0.05, 0.1) is 11.1 Å². The molecule has 5 heteroatoms. The normalized spacial score (nSPS) is 11.4. The maximum atomic E-state index is 12.9. The molecule has 4 rings (SSSR count). The lowest BCUT2D eigenvalue weighted by atomic mass is 10.1. The van der Waals surface area contributed by atoms with Gasteiger partial charge in [-0.1, -0.05) is 41.9 Å². The topological polar surface area (TPSA) is 39.8 Å². The van der Waals surface area contributed by atoms with Crippen molar-refractivity contribution in [2.75, 3.05) is 0 Å². The molecule has 0 radical (unpaired) electrons. The van der Waals surface area contributed by atoms with Gasteiger partial charge in [0.25, 0.3) is 5.56 Å². The maximum Gasteiger partial charge on any atom is 0.263 e. The van der Waals surface area contributed by atoms with Crippen molar-refractivity contribution in [2.45, 2.75) is 19.9 Å². The zero-order valence-electron chi connectivity index (χ0n) is 14.6. The Hall–Kier alpha value is -2.85. The average Bonchev–Trinajstić information content (AvgIpc) is 3.04. The van der Waals surface area contributed by atoms with Crippen LogP contribution in [0.4, 0.5) is 0 Å². The van der Waals surface area contributed by atoms with Crippen LogP contribution in [0.5, 0.6) is 0 Å². The molecule has 0 bridgehead atoms. The first-order chi connectivity index (χ1) is 12.6. The molecule has 2 aromatic heterocycles. The van der Waals surface area contributed by atoms with E-state index in [2.05, 4.69) is 4.98 Å². The van der Waals surface area contributed by atoms with Gasteiger partial charge in [0, 0.05) is 16.8 Å². The largest absolute Gasteiger partial charge is 0.296 e. The molecular weight excluding hydrogens is 346 g/mol. The number of halogens is 1. The maximum absolute atomic E-state index is 12.9. The van der Waals surface area contributed by atoms with E-state index >= 15 is 0 Å². The Kier molecular flexibility index (Phi) is 4.13. The summed E-state index contributed by atoms with van der Waals surface area (Å²) in [5.74, 6) is 0. The van der Waals surface area contributed by atoms with E-state index in [0.717, 1.165) is 16.9 Å². The summed E-state index contributed by atoms with van der Waals surface area (Å²) >= 11 is 6.05. The molecule has 0 aliphatic carbocycles. The number of aromatic nitrogens is 3. The molecule has 4 nitrogen and oxygen atoms in total. The zero-order valence-corrected chi connectivity index (χ0v) is 15.3. The van der Waals surface area contributed by atoms with Crippen molar-refractivity contribution in [1.29, 1.82) is 0 Å². The third kappa shape index (κ3) is 2.72. The molecule has 0 N–H and O–H groups in total. The minimum atomic E-state index is -0.0325. The number of hydrogen-bond donors (Lipinski definition) is 0. The van der Waals surface area contributed by atoms with Crippen LogP contribution < -0.4 is 5.56 Å². The van der Waals surface area contributed by atoms with Crippen LogP contribution >= 0.6 is 11.6 Å². The molecule has 0 saturated heterocycles. The Morgan fingerprint density at radius 3 is 2.35 bits per heavy atom. The number of nitrogens with zero attached hydrogens (tertiary/aromatic N) is 3. The van der Waals surface area contributed by atoms with Crippen molar-refractivity contribution in [3.63, 3.8) is 0 Å². The van der Waals surface area contributed by atoms with E-state index < -0.39 is 0 Å². The molecule has 2 heterocycles. The van der Waals surface area contributed by atoms with E-state index in [4.69, 9.17) is 11.6 Å². The number of rotatable bonds is 3. The van der Waals surface area contributed by atoms with Crippen LogP contribution in [0, 0.1) is 0 Å². The van der Waals surface area contributed by atoms with Gasteiger partial charge in [0.15, 0.2) is 5.65 Å². The number of fused-ring (bicyclic) bond motifs is 1. The molecule has 0 unspecified atom stereocenters. The van der Waals surface area contributed by atoms with E-state index in [1.807, 2.05) is 79.1 Å². The first kappa shape index (κ1) is 16.6. The van der Waals surface area contributed by atoms with Crippen molar-refractivity contribution in [2.24, 2.45) is 0 Å². The fourth-order valence-electron chi connectivity index (χ4n) is 3.13. The molecular formula is C21H18ClN3O. The lowest BCUT2D eigenvalue weighted by molar-refractivity contribution is 0.573. The minimum Gasteiger partial charge on any atom is -0.296 e. The molecule has 26 heavy (non-hydrogen) atoms. The third-order valence-corrected chi connectivity index (χ3v) is 4.71. The fraction of sp³-hybridized carbons (Fsp3) is 0.143. The molecule has 0 spiro atoms. The van der Waals surface area contributed by atoms with E-state index in [9.17, 15) is 4.79 Å².